The topological polar surface area (TPSA) is 42.6 Å². The maximum atomic E-state index is 11.7. The van der Waals surface area contributed by atoms with E-state index in [1.165, 1.54) is 0 Å². The van der Waals surface area contributed by atoms with Crippen LogP contribution in [0.4, 0.5) is 0 Å². The average molecular weight is 205 g/mol. The van der Waals surface area contributed by atoms with Gasteiger partial charge in [-0.3, -0.25) is 9.20 Å². The lowest BCUT2D eigenvalue weighted by molar-refractivity contribution is 0.595. The Balaban J connectivity index is 2.46. The Bertz CT molecular complexity index is 556. The van der Waals surface area contributed by atoms with E-state index in [1.54, 1.807) is 6.21 Å². The molecule has 0 radical (unpaired) electrons. The van der Waals surface area contributed by atoms with Gasteiger partial charge in [-0.15, -0.1) is 0 Å². The fraction of sp³-hybridized carbons (Fsp3) is 0.100. The van der Waals surface area contributed by atoms with E-state index in [4.69, 9.17) is 4.42 Å². The van der Waals surface area contributed by atoms with Crippen LogP contribution in [0.2, 0.25) is 0 Å². The molecule has 0 saturated carbocycles. The van der Waals surface area contributed by atoms with Gasteiger partial charge in [0.05, 0.1) is 21.9 Å². The van der Waals surface area contributed by atoms with Crippen molar-refractivity contribution in [3.63, 3.8) is 0 Å². The monoisotopic (exact) mass is 205 g/mol. The van der Waals surface area contributed by atoms with Crippen molar-refractivity contribution in [2.45, 2.75) is 4.90 Å². The molecule has 3 rings (SSSR count). The lowest BCUT2D eigenvalue weighted by Crippen LogP contribution is -2.03. The van der Waals surface area contributed by atoms with Gasteiger partial charge >= 0.3 is 0 Å². The highest BCUT2D eigenvalue weighted by Crippen LogP contribution is 2.29. The molecule has 4 heteroatoms. The molecule has 14 heavy (non-hydrogen) atoms. The summed E-state index contributed by atoms with van der Waals surface area (Å²) in [6.07, 6.45) is 1.65. The van der Waals surface area contributed by atoms with Gasteiger partial charge in [0, 0.05) is 5.39 Å². The first-order valence-electron chi connectivity index (χ1n) is 4.26. The third kappa shape index (κ3) is 0.974. The molecule has 3 nitrogen and oxygen atoms in total. The van der Waals surface area contributed by atoms with E-state index >= 15 is 0 Å². The second kappa shape index (κ2) is 2.78. The summed E-state index contributed by atoms with van der Waals surface area (Å²) in [7, 11) is -1.05. The van der Waals surface area contributed by atoms with Crippen LogP contribution >= 0.6 is 0 Å². The molecule has 1 aromatic carbocycles. The van der Waals surface area contributed by atoms with Crippen molar-refractivity contribution in [1.29, 1.82) is 0 Å². The van der Waals surface area contributed by atoms with Gasteiger partial charge in [0.1, 0.15) is 11.5 Å². The summed E-state index contributed by atoms with van der Waals surface area (Å²) in [5.41, 5.74) is 0.777. The van der Waals surface area contributed by atoms with Crippen LogP contribution in [-0.2, 0) is 10.8 Å². The Labute approximate surface area is 82.9 Å². The zero-order valence-corrected chi connectivity index (χ0v) is 8.08. The highest BCUT2D eigenvalue weighted by Gasteiger charge is 2.20. The van der Waals surface area contributed by atoms with Gasteiger partial charge in [-0.1, -0.05) is 12.1 Å². The quantitative estimate of drug-likeness (QED) is 0.659. The summed E-state index contributed by atoms with van der Waals surface area (Å²) in [4.78, 5) is 4.76. The Hall–Kier alpha value is -1.42. The van der Waals surface area contributed by atoms with Crippen LogP contribution < -0.4 is 0 Å². The van der Waals surface area contributed by atoms with Crippen molar-refractivity contribution in [1.82, 2.24) is 0 Å². The Kier molecular flexibility index (Phi) is 1.58. The number of hydrogen-bond acceptors (Lipinski definition) is 3. The molecular formula is C10H7NO2S. The van der Waals surface area contributed by atoms with Crippen molar-refractivity contribution in [3.8, 4) is 0 Å². The number of hydrogen-bond donors (Lipinski definition) is 0. The lowest BCUT2D eigenvalue weighted by Gasteiger charge is -2.01. The van der Waals surface area contributed by atoms with Gasteiger partial charge in [0.15, 0.2) is 5.76 Å². The van der Waals surface area contributed by atoms with Gasteiger partial charge in [0.25, 0.3) is 0 Å². The molecule has 0 N–H and O–H groups in total. The summed E-state index contributed by atoms with van der Waals surface area (Å²) < 4.78 is 17.2. The smallest absolute Gasteiger partial charge is 0.162 e. The lowest BCUT2D eigenvalue weighted by atomic mass is 10.2. The second-order valence-electron chi connectivity index (χ2n) is 3.08. The number of fused-ring (bicyclic) bond motifs is 3. The minimum absolute atomic E-state index is 0.344. The molecule has 0 bridgehead atoms. The number of nitrogens with zero attached hydrogens (tertiary/aromatic N) is 1. The number of furan rings is 1. The van der Waals surface area contributed by atoms with Crippen LogP contribution in [0.15, 0.2) is 38.6 Å². The van der Waals surface area contributed by atoms with E-state index in [0.717, 1.165) is 15.9 Å². The summed E-state index contributed by atoms with van der Waals surface area (Å²) >= 11 is 0. The van der Waals surface area contributed by atoms with Crippen LogP contribution in [-0.4, -0.2) is 16.3 Å². The molecule has 1 atom stereocenters. The first kappa shape index (κ1) is 7.94. The van der Waals surface area contributed by atoms with Crippen molar-refractivity contribution >= 4 is 28.0 Å². The van der Waals surface area contributed by atoms with Crippen LogP contribution in [0.1, 0.15) is 5.76 Å². The largest absolute Gasteiger partial charge is 0.454 e. The zero-order chi connectivity index (χ0) is 9.54. The summed E-state index contributed by atoms with van der Waals surface area (Å²) in [5.74, 6) is 0.979. The second-order valence-corrected chi connectivity index (χ2v) is 4.44. The van der Waals surface area contributed by atoms with Crippen molar-refractivity contribution in [2.75, 3.05) is 5.88 Å². The molecular weight excluding hydrogens is 198 g/mol. The van der Waals surface area contributed by atoms with Crippen LogP contribution in [0, 0.1) is 0 Å². The Morgan fingerprint density at radius 3 is 3.14 bits per heavy atom. The number of para-hydroxylation sites is 1. The first-order valence-corrected chi connectivity index (χ1v) is 5.58. The van der Waals surface area contributed by atoms with Crippen molar-refractivity contribution in [3.05, 3.63) is 30.0 Å². The van der Waals surface area contributed by atoms with E-state index in [-0.39, 0.29) is 0 Å². The minimum Gasteiger partial charge on any atom is -0.454 e. The normalized spacial score (nSPS) is 19.9. The number of rotatable bonds is 0. The van der Waals surface area contributed by atoms with Crippen LogP contribution in [0.25, 0.3) is 11.0 Å². The summed E-state index contributed by atoms with van der Waals surface area (Å²) in [5, 5.41) is 0.937. The van der Waals surface area contributed by atoms with Gasteiger partial charge in [0.2, 0.25) is 0 Å². The molecule has 70 valence electrons. The Morgan fingerprint density at radius 1 is 1.36 bits per heavy atom. The van der Waals surface area contributed by atoms with Crippen molar-refractivity contribution < 1.29 is 8.63 Å². The van der Waals surface area contributed by atoms with Crippen molar-refractivity contribution in [2.24, 2.45) is 4.99 Å². The third-order valence-corrected chi connectivity index (χ3v) is 3.46. The molecule has 0 aliphatic carbocycles. The van der Waals surface area contributed by atoms with Gasteiger partial charge in [-0.05, 0) is 12.1 Å². The molecule has 0 amide bonds. The van der Waals surface area contributed by atoms with E-state index in [1.807, 2.05) is 24.3 Å². The van der Waals surface area contributed by atoms with Gasteiger partial charge in [-0.2, -0.15) is 0 Å². The van der Waals surface area contributed by atoms with Gasteiger partial charge < -0.3 is 4.42 Å². The third-order valence-electron chi connectivity index (χ3n) is 2.20. The highest BCUT2D eigenvalue weighted by molar-refractivity contribution is 7.85. The maximum Gasteiger partial charge on any atom is 0.162 e. The first-order chi connectivity index (χ1) is 6.86. The molecule has 2 aromatic rings. The van der Waals surface area contributed by atoms with E-state index < -0.39 is 10.8 Å². The summed E-state index contributed by atoms with van der Waals surface area (Å²) in [6.45, 7) is 0. The zero-order valence-electron chi connectivity index (χ0n) is 7.27. The standard InChI is InChI=1S/C10H7NO2S/c12-14-6-11-5-9-10(14)7-3-1-2-4-8(7)13-9/h1-5H,6H2. The van der Waals surface area contributed by atoms with E-state index in [0.29, 0.717) is 11.6 Å². The Morgan fingerprint density at radius 2 is 2.21 bits per heavy atom. The molecule has 0 spiro atoms. The number of aliphatic imine (C=N–C) groups is 1. The molecule has 0 fully saturated rings. The number of benzene rings is 1. The van der Waals surface area contributed by atoms with Crippen LogP contribution in [0.3, 0.4) is 0 Å². The van der Waals surface area contributed by atoms with Gasteiger partial charge in [-0.25, -0.2) is 0 Å². The highest BCUT2D eigenvalue weighted by atomic mass is 32.2. The van der Waals surface area contributed by atoms with Crippen LogP contribution in [0.5, 0.6) is 0 Å². The minimum atomic E-state index is -1.05. The molecule has 0 saturated heterocycles. The summed E-state index contributed by atoms with van der Waals surface area (Å²) in [6, 6.07) is 7.62. The SMILES string of the molecule is O=S1CN=Cc2oc3ccccc3c21. The predicted octanol–water partition coefficient (Wildman–Crippen LogP) is 1.93. The fourth-order valence-corrected chi connectivity index (χ4v) is 2.68. The van der Waals surface area contributed by atoms with E-state index in [2.05, 4.69) is 4.99 Å². The molecule has 1 unspecified atom stereocenters. The molecule has 2 heterocycles. The average Bonchev–Trinajstić information content (AvgIpc) is 2.57. The maximum absolute atomic E-state index is 11.7. The molecule has 1 aliphatic rings. The predicted molar refractivity (Wildman–Crippen MR) is 55.1 cm³/mol. The molecule has 1 aromatic heterocycles. The molecule has 1 aliphatic heterocycles. The van der Waals surface area contributed by atoms with E-state index in [9.17, 15) is 4.21 Å². The fourth-order valence-electron chi connectivity index (χ4n) is 1.61.